The molecule has 86 valence electrons. The molecule has 1 atom stereocenters. The van der Waals surface area contributed by atoms with Gasteiger partial charge in [0.15, 0.2) is 17.7 Å². The number of phenolic OH excluding ortho intramolecular Hbond substituents is 1. The number of hydrogen-bond acceptors (Lipinski definition) is 3. The Morgan fingerprint density at radius 2 is 2.06 bits per heavy atom. The molecule has 5 heteroatoms. The summed E-state index contributed by atoms with van der Waals surface area (Å²) in [5.74, 6) is -2.60. The molecule has 0 bridgehead atoms. The van der Waals surface area contributed by atoms with Gasteiger partial charge in [-0.05, 0) is 30.5 Å². The molecule has 0 aliphatic heterocycles. The lowest BCUT2D eigenvalue weighted by Gasteiger charge is -2.19. The summed E-state index contributed by atoms with van der Waals surface area (Å²) in [4.78, 5) is 10.7. The third-order valence-electron chi connectivity index (χ3n) is 3.07. The van der Waals surface area contributed by atoms with Gasteiger partial charge in [-0.3, -0.25) is 0 Å². The van der Waals surface area contributed by atoms with Crippen LogP contribution in [0.15, 0.2) is 18.2 Å². The van der Waals surface area contributed by atoms with Gasteiger partial charge in [0.1, 0.15) is 0 Å². The molecular formula is C11H11FO4. The second-order valence-electron chi connectivity index (χ2n) is 4.06. The van der Waals surface area contributed by atoms with Crippen LogP contribution in [-0.2, 0) is 10.2 Å². The van der Waals surface area contributed by atoms with E-state index >= 15 is 0 Å². The number of aromatic hydroxyl groups is 1. The van der Waals surface area contributed by atoms with Crippen LogP contribution in [0.4, 0.5) is 4.39 Å². The topological polar surface area (TPSA) is 77.8 Å². The van der Waals surface area contributed by atoms with E-state index in [1.54, 1.807) is 0 Å². The molecule has 1 aliphatic carbocycles. The highest BCUT2D eigenvalue weighted by Gasteiger charge is 2.53. The van der Waals surface area contributed by atoms with Gasteiger partial charge >= 0.3 is 5.97 Å². The first-order chi connectivity index (χ1) is 7.47. The summed E-state index contributed by atoms with van der Waals surface area (Å²) < 4.78 is 13.1. The number of hydrogen-bond donors (Lipinski definition) is 3. The second-order valence-corrected chi connectivity index (χ2v) is 4.06. The minimum atomic E-state index is -1.53. The van der Waals surface area contributed by atoms with Gasteiger partial charge in [-0.1, -0.05) is 6.07 Å². The highest BCUT2D eigenvalue weighted by atomic mass is 19.1. The number of carbonyl (C=O) groups is 1. The van der Waals surface area contributed by atoms with E-state index in [2.05, 4.69) is 0 Å². The molecule has 1 aromatic carbocycles. The van der Waals surface area contributed by atoms with Gasteiger partial charge < -0.3 is 15.3 Å². The fraction of sp³-hybridized carbons (Fsp3) is 0.364. The smallest absolute Gasteiger partial charge is 0.333 e. The maximum atomic E-state index is 13.1. The Bertz CT molecular complexity index is 440. The van der Waals surface area contributed by atoms with Crippen LogP contribution in [0, 0.1) is 5.82 Å². The molecule has 0 amide bonds. The first-order valence-corrected chi connectivity index (χ1v) is 4.87. The SMILES string of the molecule is O=C(O)C(O)C1(c2ccc(O)c(F)c2)CC1. The van der Waals surface area contributed by atoms with Crippen LogP contribution >= 0.6 is 0 Å². The molecule has 0 heterocycles. The molecule has 16 heavy (non-hydrogen) atoms. The Labute approximate surface area is 91.0 Å². The lowest BCUT2D eigenvalue weighted by atomic mass is 9.90. The highest BCUT2D eigenvalue weighted by Crippen LogP contribution is 2.51. The summed E-state index contributed by atoms with van der Waals surface area (Å²) in [7, 11) is 0. The standard InChI is InChI=1S/C11H11FO4/c12-7-5-6(1-2-8(7)13)11(3-4-11)9(14)10(15)16/h1-2,5,9,13-14H,3-4H2,(H,15,16). The minimum Gasteiger partial charge on any atom is -0.505 e. The number of benzene rings is 1. The van der Waals surface area contributed by atoms with Crippen molar-refractivity contribution in [1.29, 1.82) is 0 Å². The Morgan fingerprint density at radius 3 is 2.50 bits per heavy atom. The zero-order chi connectivity index (χ0) is 11.9. The van der Waals surface area contributed by atoms with Gasteiger partial charge in [0.2, 0.25) is 0 Å². The monoisotopic (exact) mass is 226 g/mol. The molecule has 4 nitrogen and oxygen atoms in total. The molecule has 0 aromatic heterocycles. The summed E-state index contributed by atoms with van der Waals surface area (Å²) in [5, 5.41) is 27.3. The molecule has 0 radical (unpaired) electrons. The van der Waals surface area contributed by atoms with E-state index in [0.717, 1.165) is 6.07 Å². The molecule has 1 unspecified atom stereocenters. The number of halogens is 1. The molecule has 1 saturated carbocycles. The van der Waals surface area contributed by atoms with Gasteiger partial charge in [-0.2, -0.15) is 0 Å². The van der Waals surface area contributed by atoms with E-state index in [1.807, 2.05) is 0 Å². The Hall–Kier alpha value is -1.62. The quantitative estimate of drug-likeness (QED) is 0.718. The van der Waals surface area contributed by atoms with Crippen molar-refractivity contribution < 1.29 is 24.5 Å². The van der Waals surface area contributed by atoms with E-state index in [0.29, 0.717) is 18.4 Å². The van der Waals surface area contributed by atoms with Gasteiger partial charge in [-0.15, -0.1) is 0 Å². The Morgan fingerprint density at radius 1 is 1.44 bits per heavy atom. The van der Waals surface area contributed by atoms with Crippen molar-refractivity contribution in [3.63, 3.8) is 0 Å². The summed E-state index contributed by atoms with van der Waals surface area (Å²) >= 11 is 0. The maximum Gasteiger partial charge on any atom is 0.333 e. The molecular weight excluding hydrogens is 215 g/mol. The van der Waals surface area contributed by atoms with Gasteiger partial charge in [-0.25, -0.2) is 9.18 Å². The van der Waals surface area contributed by atoms with E-state index in [9.17, 15) is 14.3 Å². The van der Waals surface area contributed by atoms with E-state index in [-0.39, 0.29) is 0 Å². The van der Waals surface area contributed by atoms with E-state index < -0.39 is 29.1 Å². The number of rotatable bonds is 3. The summed E-state index contributed by atoms with van der Waals surface area (Å²) in [6.07, 6.45) is -0.522. The number of carboxylic acid groups (broad SMARTS) is 1. The zero-order valence-electron chi connectivity index (χ0n) is 8.35. The predicted molar refractivity (Wildman–Crippen MR) is 52.6 cm³/mol. The van der Waals surface area contributed by atoms with Crippen LogP contribution in [0.25, 0.3) is 0 Å². The van der Waals surface area contributed by atoms with Crippen LogP contribution in [0.1, 0.15) is 18.4 Å². The van der Waals surface area contributed by atoms with Crippen LogP contribution in [0.2, 0.25) is 0 Å². The van der Waals surface area contributed by atoms with Crippen LogP contribution in [0.5, 0.6) is 5.75 Å². The van der Waals surface area contributed by atoms with Crippen molar-refractivity contribution in [2.24, 2.45) is 0 Å². The average Bonchev–Trinajstić information content (AvgIpc) is 3.02. The molecule has 1 fully saturated rings. The normalized spacial score (nSPS) is 19.1. The molecule has 1 aromatic rings. The largest absolute Gasteiger partial charge is 0.505 e. The fourth-order valence-electron chi connectivity index (χ4n) is 1.91. The van der Waals surface area contributed by atoms with Crippen LogP contribution in [-0.4, -0.2) is 27.4 Å². The number of phenols is 1. The van der Waals surface area contributed by atoms with Gasteiger partial charge in [0.25, 0.3) is 0 Å². The number of carboxylic acids is 1. The predicted octanol–water partition coefficient (Wildman–Crippen LogP) is 1.01. The average molecular weight is 226 g/mol. The Kier molecular flexibility index (Phi) is 2.35. The van der Waals surface area contributed by atoms with Crippen molar-refractivity contribution in [1.82, 2.24) is 0 Å². The molecule has 1 aliphatic rings. The second kappa shape index (κ2) is 3.45. The third-order valence-corrected chi connectivity index (χ3v) is 3.07. The van der Waals surface area contributed by atoms with Crippen molar-refractivity contribution in [2.75, 3.05) is 0 Å². The molecule has 0 saturated heterocycles. The van der Waals surface area contributed by atoms with Crippen molar-refractivity contribution >= 4 is 5.97 Å². The van der Waals surface area contributed by atoms with E-state index in [4.69, 9.17) is 10.2 Å². The number of aliphatic carboxylic acids is 1. The molecule has 3 N–H and O–H groups in total. The first kappa shape index (κ1) is 10.9. The highest BCUT2D eigenvalue weighted by molar-refractivity contribution is 5.75. The summed E-state index contributed by atoms with van der Waals surface area (Å²) in [6, 6.07) is 3.69. The Balaban J connectivity index is 2.37. The fourth-order valence-corrected chi connectivity index (χ4v) is 1.91. The summed E-state index contributed by atoms with van der Waals surface area (Å²) in [5.41, 5.74) is -0.474. The van der Waals surface area contributed by atoms with Crippen molar-refractivity contribution in [3.8, 4) is 5.75 Å². The van der Waals surface area contributed by atoms with Crippen molar-refractivity contribution in [3.05, 3.63) is 29.6 Å². The first-order valence-electron chi connectivity index (χ1n) is 4.87. The number of aliphatic hydroxyl groups is 1. The lowest BCUT2D eigenvalue weighted by Crippen LogP contribution is -2.33. The third kappa shape index (κ3) is 1.53. The number of aliphatic hydroxyl groups excluding tert-OH is 1. The van der Waals surface area contributed by atoms with Crippen molar-refractivity contribution in [2.45, 2.75) is 24.4 Å². The minimum absolute atomic E-state index is 0.415. The summed E-state index contributed by atoms with van der Waals surface area (Å²) in [6.45, 7) is 0. The van der Waals surface area contributed by atoms with Gasteiger partial charge in [0.05, 0.1) is 0 Å². The lowest BCUT2D eigenvalue weighted by molar-refractivity contribution is -0.148. The van der Waals surface area contributed by atoms with Gasteiger partial charge in [0, 0.05) is 5.41 Å². The molecule has 0 spiro atoms. The van der Waals surface area contributed by atoms with Crippen LogP contribution in [0.3, 0.4) is 0 Å². The maximum absolute atomic E-state index is 13.1. The molecule has 2 rings (SSSR count). The van der Waals surface area contributed by atoms with Crippen LogP contribution < -0.4 is 0 Å². The van der Waals surface area contributed by atoms with E-state index in [1.165, 1.54) is 12.1 Å². The zero-order valence-corrected chi connectivity index (χ0v) is 8.35.